The van der Waals surface area contributed by atoms with Crippen LogP contribution in [0.15, 0.2) is 10.9 Å². The number of nitrogens with one attached hydrogen (secondary N) is 1. The minimum absolute atomic E-state index is 0.0636. The number of Topliss-reactive ketones (excluding diaryl/α,β-unsaturated/α-hetero) is 1. The molecule has 1 aromatic heterocycles. The summed E-state index contributed by atoms with van der Waals surface area (Å²) in [5.41, 5.74) is 9.93. The Balaban J connectivity index is 2.76. The summed E-state index contributed by atoms with van der Waals surface area (Å²) in [5.74, 6) is -2.07. The van der Waals surface area contributed by atoms with Crippen LogP contribution in [-0.4, -0.2) is 50.9 Å². The average molecular weight is 354 g/mol. The summed E-state index contributed by atoms with van der Waals surface area (Å²) in [6, 6.07) is -1.12. The van der Waals surface area contributed by atoms with Crippen molar-refractivity contribution in [3.63, 3.8) is 0 Å². The first-order valence-corrected chi connectivity index (χ1v) is 8.06. The number of aliphatic hydroxyl groups is 1. The lowest BCUT2D eigenvalue weighted by atomic mass is 10.1. The Morgan fingerprint density at radius 1 is 1.50 bits per heavy atom. The van der Waals surface area contributed by atoms with Crippen LogP contribution in [0.3, 0.4) is 0 Å². The SMILES string of the molecule is CC(C)OC(=O)[C@H](CCC(=O)C=[N+]=[N-])NC(=O)[C@H](O)c1cscn1. The van der Waals surface area contributed by atoms with Gasteiger partial charge >= 0.3 is 12.2 Å². The molecule has 2 N–H and O–H groups in total. The minimum atomic E-state index is -1.53. The van der Waals surface area contributed by atoms with Gasteiger partial charge in [0.1, 0.15) is 6.04 Å². The van der Waals surface area contributed by atoms with Crippen LogP contribution in [-0.2, 0) is 19.1 Å². The van der Waals surface area contributed by atoms with Gasteiger partial charge in [-0.05, 0) is 20.3 Å². The number of rotatable bonds is 9. The molecule has 0 saturated heterocycles. The Bertz CT molecular complexity index is 625. The first-order valence-electron chi connectivity index (χ1n) is 7.12. The predicted molar refractivity (Wildman–Crippen MR) is 84.2 cm³/mol. The standard InChI is InChI=1S/C14H18N4O5S/c1-8(2)23-14(22)10(4-3-9(19)5-17-15)18-13(21)12(20)11-6-24-7-16-11/h5-8,10,12,20H,3-4H2,1-2H3,(H,18,21)/t10-,12+/m0/s1. The molecule has 1 aromatic rings. The van der Waals surface area contributed by atoms with Crippen molar-refractivity contribution in [3.05, 3.63) is 22.1 Å². The van der Waals surface area contributed by atoms with E-state index in [1.807, 2.05) is 0 Å². The molecule has 130 valence electrons. The van der Waals surface area contributed by atoms with Crippen LogP contribution in [0.5, 0.6) is 0 Å². The molecule has 0 saturated carbocycles. The Kier molecular flexibility index (Phi) is 7.90. The van der Waals surface area contributed by atoms with Crippen LogP contribution in [0, 0.1) is 0 Å². The van der Waals surface area contributed by atoms with Crippen LogP contribution < -0.4 is 5.32 Å². The summed E-state index contributed by atoms with van der Waals surface area (Å²) in [6.07, 6.45) is -1.44. The Morgan fingerprint density at radius 3 is 2.75 bits per heavy atom. The van der Waals surface area contributed by atoms with Gasteiger partial charge < -0.3 is 20.7 Å². The largest absolute Gasteiger partial charge is 0.461 e. The molecule has 1 rings (SSSR count). The second-order valence-electron chi connectivity index (χ2n) is 5.11. The van der Waals surface area contributed by atoms with Gasteiger partial charge in [-0.1, -0.05) is 0 Å². The molecular weight excluding hydrogens is 336 g/mol. The van der Waals surface area contributed by atoms with Crippen LogP contribution in [0.4, 0.5) is 0 Å². The molecule has 0 aromatic carbocycles. The van der Waals surface area contributed by atoms with Crippen molar-refractivity contribution in [2.24, 2.45) is 0 Å². The van der Waals surface area contributed by atoms with Gasteiger partial charge in [-0.3, -0.25) is 9.59 Å². The molecule has 0 aliphatic heterocycles. The molecule has 0 unspecified atom stereocenters. The van der Waals surface area contributed by atoms with E-state index < -0.39 is 35.9 Å². The molecule has 10 heteroatoms. The number of hydrogen-bond acceptors (Lipinski definition) is 7. The summed E-state index contributed by atoms with van der Waals surface area (Å²) in [5, 5.41) is 13.8. The molecule has 1 amide bonds. The third-order valence-electron chi connectivity index (χ3n) is 2.81. The first-order chi connectivity index (χ1) is 11.3. The maximum absolute atomic E-state index is 12.1. The number of thiazole rings is 1. The molecule has 0 spiro atoms. The fourth-order valence-electron chi connectivity index (χ4n) is 1.72. The summed E-state index contributed by atoms with van der Waals surface area (Å²) < 4.78 is 5.03. The first kappa shape index (κ1) is 19.6. The van der Waals surface area contributed by atoms with E-state index in [4.69, 9.17) is 10.3 Å². The Morgan fingerprint density at radius 2 is 2.21 bits per heavy atom. The summed E-state index contributed by atoms with van der Waals surface area (Å²) in [6.45, 7) is 3.29. The number of esters is 1. The van der Waals surface area contributed by atoms with Gasteiger partial charge in [0.05, 0.1) is 17.3 Å². The fraction of sp³-hybridized carbons (Fsp3) is 0.500. The highest BCUT2D eigenvalue weighted by Crippen LogP contribution is 2.13. The third kappa shape index (κ3) is 6.37. The van der Waals surface area contributed by atoms with Crippen LogP contribution in [0.2, 0.25) is 0 Å². The maximum atomic E-state index is 12.1. The van der Waals surface area contributed by atoms with E-state index in [9.17, 15) is 19.5 Å². The summed E-state index contributed by atoms with van der Waals surface area (Å²) in [7, 11) is 0. The molecule has 24 heavy (non-hydrogen) atoms. The zero-order valence-electron chi connectivity index (χ0n) is 13.2. The van der Waals surface area contributed by atoms with Crippen molar-refractivity contribution in [2.45, 2.75) is 44.9 Å². The molecule has 0 aliphatic rings. The Hall–Kier alpha value is -2.42. The quantitative estimate of drug-likeness (QED) is 0.282. The van der Waals surface area contributed by atoms with Crippen LogP contribution >= 0.6 is 11.3 Å². The van der Waals surface area contributed by atoms with E-state index >= 15 is 0 Å². The van der Waals surface area contributed by atoms with Crippen molar-refractivity contribution in [3.8, 4) is 0 Å². The lowest BCUT2D eigenvalue weighted by Gasteiger charge is -2.19. The zero-order chi connectivity index (χ0) is 18.1. The predicted octanol–water partition coefficient (Wildman–Crippen LogP) is 0.263. The van der Waals surface area contributed by atoms with Gasteiger partial charge in [-0.15, -0.1) is 11.3 Å². The monoisotopic (exact) mass is 354 g/mol. The molecule has 1 heterocycles. The van der Waals surface area contributed by atoms with E-state index in [0.29, 0.717) is 6.21 Å². The minimum Gasteiger partial charge on any atom is -0.461 e. The van der Waals surface area contributed by atoms with Gasteiger partial charge in [-0.25, -0.2) is 9.78 Å². The maximum Gasteiger partial charge on any atom is 0.328 e. The number of ether oxygens (including phenoxy) is 1. The fourth-order valence-corrected chi connectivity index (χ4v) is 2.29. The number of carbonyl (C=O) groups is 3. The van der Waals surface area contributed by atoms with Crippen LogP contribution in [0.25, 0.3) is 5.53 Å². The smallest absolute Gasteiger partial charge is 0.328 e. The number of ketones is 1. The van der Waals surface area contributed by atoms with Gasteiger partial charge in [0.2, 0.25) is 5.78 Å². The van der Waals surface area contributed by atoms with Gasteiger partial charge in [0, 0.05) is 11.8 Å². The van der Waals surface area contributed by atoms with Crippen LogP contribution in [0.1, 0.15) is 38.5 Å². The zero-order valence-corrected chi connectivity index (χ0v) is 14.0. The average Bonchev–Trinajstić information content (AvgIpc) is 3.04. The second-order valence-corrected chi connectivity index (χ2v) is 5.83. The van der Waals surface area contributed by atoms with Gasteiger partial charge in [0.15, 0.2) is 6.10 Å². The van der Waals surface area contributed by atoms with Crippen molar-refractivity contribution in [1.82, 2.24) is 10.3 Å². The van der Waals surface area contributed by atoms with E-state index in [1.54, 1.807) is 13.8 Å². The van der Waals surface area contributed by atoms with Gasteiger partial charge in [0.25, 0.3) is 5.91 Å². The van der Waals surface area contributed by atoms with Gasteiger partial charge in [-0.2, -0.15) is 4.79 Å². The summed E-state index contributed by atoms with van der Waals surface area (Å²) >= 11 is 1.21. The highest BCUT2D eigenvalue weighted by molar-refractivity contribution is 7.07. The number of nitrogens with zero attached hydrogens (tertiary/aromatic N) is 3. The topological polar surface area (TPSA) is 142 Å². The molecule has 9 nitrogen and oxygen atoms in total. The molecule has 0 fully saturated rings. The molecule has 0 bridgehead atoms. The number of hydrogen-bond donors (Lipinski definition) is 2. The van der Waals surface area contributed by atoms with E-state index in [0.717, 1.165) is 0 Å². The summed E-state index contributed by atoms with van der Waals surface area (Å²) in [4.78, 5) is 41.9. The van der Waals surface area contributed by atoms with E-state index in [2.05, 4.69) is 15.1 Å². The highest BCUT2D eigenvalue weighted by atomic mass is 32.1. The number of carbonyl (C=O) groups excluding carboxylic acids is 3. The van der Waals surface area contributed by atoms with Crippen molar-refractivity contribution in [1.29, 1.82) is 0 Å². The number of amides is 1. The van der Waals surface area contributed by atoms with Crippen molar-refractivity contribution in [2.75, 3.05) is 0 Å². The number of aromatic nitrogens is 1. The van der Waals surface area contributed by atoms with E-state index in [1.165, 1.54) is 22.2 Å². The van der Waals surface area contributed by atoms with Crippen molar-refractivity contribution < 1.29 is 29.0 Å². The van der Waals surface area contributed by atoms with E-state index in [-0.39, 0.29) is 18.5 Å². The number of aliphatic hydroxyl groups excluding tert-OH is 1. The lowest BCUT2D eigenvalue weighted by molar-refractivity contribution is -0.152. The lowest BCUT2D eigenvalue weighted by Crippen LogP contribution is -2.44. The highest BCUT2D eigenvalue weighted by Gasteiger charge is 2.28. The molecular formula is C14H18N4O5S. The molecule has 2 atom stereocenters. The molecule has 0 aliphatic carbocycles. The second kappa shape index (κ2) is 9.66. The van der Waals surface area contributed by atoms with Crippen molar-refractivity contribution >= 4 is 35.2 Å². The Labute approximate surface area is 142 Å². The normalized spacial score (nSPS) is 12.8. The molecule has 0 radical (unpaired) electrons. The third-order valence-corrected chi connectivity index (χ3v) is 3.42.